The molecule has 428 valence electrons. The summed E-state index contributed by atoms with van der Waals surface area (Å²) in [5, 5.41) is 0. The molecule has 6 heteroatoms. The maximum absolute atomic E-state index is 12.8. The third-order valence-corrected chi connectivity index (χ3v) is 14.0. The van der Waals surface area contributed by atoms with E-state index in [1.165, 1.54) is 186 Å². The first-order valence-electron chi connectivity index (χ1n) is 31.9. The molecule has 0 aromatic heterocycles. The molecule has 74 heavy (non-hydrogen) atoms. The summed E-state index contributed by atoms with van der Waals surface area (Å²) < 4.78 is 16.8. The van der Waals surface area contributed by atoms with Gasteiger partial charge < -0.3 is 14.2 Å². The van der Waals surface area contributed by atoms with Crippen LogP contribution in [-0.4, -0.2) is 37.2 Å². The van der Waals surface area contributed by atoms with Crippen LogP contribution >= 0.6 is 0 Å². The second-order valence-electron chi connectivity index (χ2n) is 21.3. The Kier molecular flexibility index (Phi) is 59.7. The predicted molar refractivity (Wildman–Crippen MR) is 321 cm³/mol. The van der Waals surface area contributed by atoms with Crippen LogP contribution in [0.25, 0.3) is 0 Å². The van der Waals surface area contributed by atoms with Gasteiger partial charge in [-0.1, -0.05) is 306 Å². The van der Waals surface area contributed by atoms with E-state index in [0.29, 0.717) is 19.3 Å². The van der Waals surface area contributed by atoms with Crippen LogP contribution in [0.15, 0.2) is 72.9 Å². The third kappa shape index (κ3) is 59.7. The lowest BCUT2D eigenvalue weighted by Crippen LogP contribution is -2.30. The van der Waals surface area contributed by atoms with Gasteiger partial charge >= 0.3 is 17.9 Å². The Morgan fingerprint density at radius 3 is 0.824 bits per heavy atom. The lowest BCUT2D eigenvalue weighted by Gasteiger charge is -2.18. The van der Waals surface area contributed by atoms with Gasteiger partial charge in [0.2, 0.25) is 0 Å². The van der Waals surface area contributed by atoms with E-state index in [0.717, 1.165) is 89.9 Å². The van der Waals surface area contributed by atoms with Gasteiger partial charge in [0.1, 0.15) is 13.2 Å². The van der Waals surface area contributed by atoms with Crippen molar-refractivity contribution in [2.45, 2.75) is 329 Å². The fourth-order valence-electron chi connectivity index (χ4n) is 9.21. The molecule has 0 bridgehead atoms. The van der Waals surface area contributed by atoms with Gasteiger partial charge in [-0.2, -0.15) is 0 Å². The second-order valence-corrected chi connectivity index (χ2v) is 21.3. The minimum atomic E-state index is -0.795. The molecule has 1 atom stereocenters. The van der Waals surface area contributed by atoms with Crippen molar-refractivity contribution in [2.75, 3.05) is 13.2 Å². The van der Waals surface area contributed by atoms with E-state index in [-0.39, 0.29) is 37.5 Å². The van der Waals surface area contributed by atoms with Crippen LogP contribution in [0, 0.1) is 0 Å². The van der Waals surface area contributed by atoms with E-state index >= 15 is 0 Å². The fraction of sp³-hybridized carbons (Fsp3) is 0.779. The Morgan fingerprint density at radius 1 is 0.284 bits per heavy atom. The molecular weight excluding hydrogens is 913 g/mol. The van der Waals surface area contributed by atoms with Gasteiger partial charge in [-0.05, 0) is 70.6 Å². The average molecular weight is 1030 g/mol. The lowest BCUT2D eigenvalue weighted by molar-refractivity contribution is -0.167. The van der Waals surface area contributed by atoms with Crippen LogP contribution in [0.5, 0.6) is 0 Å². The van der Waals surface area contributed by atoms with E-state index in [1.54, 1.807) is 0 Å². The Labute approximate surface area is 459 Å². The van der Waals surface area contributed by atoms with Gasteiger partial charge in [0.15, 0.2) is 6.10 Å². The van der Waals surface area contributed by atoms with Gasteiger partial charge in [-0.15, -0.1) is 0 Å². The quantitative estimate of drug-likeness (QED) is 0.0261. The zero-order valence-corrected chi connectivity index (χ0v) is 49.1. The summed E-state index contributed by atoms with van der Waals surface area (Å²) in [6.45, 7) is 6.50. The fourth-order valence-corrected chi connectivity index (χ4v) is 9.21. The number of hydrogen-bond donors (Lipinski definition) is 0. The number of carbonyl (C=O) groups is 3. The van der Waals surface area contributed by atoms with Crippen molar-refractivity contribution in [2.24, 2.45) is 0 Å². The molecular formula is C68H120O6. The number of ether oxygens (including phenoxy) is 3. The lowest BCUT2D eigenvalue weighted by atomic mass is 10.0. The first kappa shape index (κ1) is 70.8. The van der Waals surface area contributed by atoms with Crippen LogP contribution in [0.3, 0.4) is 0 Å². The minimum Gasteiger partial charge on any atom is -0.462 e. The largest absolute Gasteiger partial charge is 0.462 e. The van der Waals surface area contributed by atoms with Gasteiger partial charge in [0, 0.05) is 19.3 Å². The Balaban J connectivity index is 4.18. The van der Waals surface area contributed by atoms with Crippen molar-refractivity contribution in [3.05, 3.63) is 72.9 Å². The predicted octanol–water partition coefficient (Wildman–Crippen LogP) is 21.7. The molecule has 6 nitrogen and oxygen atoms in total. The van der Waals surface area contributed by atoms with E-state index < -0.39 is 6.10 Å². The maximum Gasteiger partial charge on any atom is 0.306 e. The number of rotatable bonds is 58. The number of carbonyl (C=O) groups excluding carboxylic acids is 3. The van der Waals surface area contributed by atoms with Crippen molar-refractivity contribution in [3.8, 4) is 0 Å². The minimum absolute atomic E-state index is 0.0896. The van der Waals surface area contributed by atoms with Gasteiger partial charge in [0.05, 0.1) is 0 Å². The van der Waals surface area contributed by atoms with Crippen molar-refractivity contribution in [1.82, 2.24) is 0 Å². The first-order valence-corrected chi connectivity index (χ1v) is 31.9. The smallest absolute Gasteiger partial charge is 0.306 e. The summed E-state index contributed by atoms with van der Waals surface area (Å²) in [4.78, 5) is 38.1. The van der Waals surface area contributed by atoms with Crippen molar-refractivity contribution >= 4 is 17.9 Å². The number of esters is 3. The Hall–Kier alpha value is -3.15. The van der Waals surface area contributed by atoms with Crippen molar-refractivity contribution in [1.29, 1.82) is 0 Å². The molecule has 0 heterocycles. The van der Waals surface area contributed by atoms with Crippen molar-refractivity contribution < 1.29 is 28.6 Å². The standard InChI is InChI=1S/C68H120O6/c1-4-7-10-13-16-19-21-23-25-27-29-31-32-33-34-35-36-38-39-41-43-45-47-49-52-55-58-61-67(70)73-64-65(63-72-66(69)60-57-54-51-18-15-12-9-6-3)74-68(71)62-59-56-53-50-48-46-44-42-40-37-30-28-26-24-22-20-17-14-11-8-5-2/h8,11,17,20,24,26,30,37,42,44,48,50,65H,4-7,9-10,12-16,18-19,21-23,25,27-29,31-36,38-41,43,45-47,49,51-64H2,1-3H3/b11-8-,20-17-,26-24-,37-30-,44-42-,50-48-. The number of hydrogen-bond acceptors (Lipinski definition) is 6. The van der Waals surface area contributed by atoms with Crippen LogP contribution in [0.4, 0.5) is 0 Å². The first-order chi connectivity index (χ1) is 36.5. The molecule has 0 saturated carbocycles. The average Bonchev–Trinajstić information content (AvgIpc) is 3.40. The maximum atomic E-state index is 12.8. The molecule has 0 fully saturated rings. The van der Waals surface area contributed by atoms with Crippen LogP contribution in [-0.2, 0) is 28.6 Å². The molecule has 0 radical (unpaired) electrons. The molecule has 0 spiro atoms. The molecule has 0 aromatic rings. The van der Waals surface area contributed by atoms with Gasteiger partial charge in [-0.25, -0.2) is 0 Å². The van der Waals surface area contributed by atoms with Crippen molar-refractivity contribution in [3.63, 3.8) is 0 Å². The van der Waals surface area contributed by atoms with Gasteiger partial charge in [-0.3, -0.25) is 14.4 Å². The normalized spacial score (nSPS) is 12.5. The highest BCUT2D eigenvalue weighted by molar-refractivity contribution is 5.71. The summed E-state index contributed by atoms with van der Waals surface area (Å²) in [6.07, 6.45) is 80.9. The van der Waals surface area contributed by atoms with E-state index in [2.05, 4.69) is 93.7 Å². The van der Waals surface area contributed by atoms with E-state index in [9.17, 15) is 14.4 Å². The highest BCUT2D eigenvalue weighted by Gasteiger charge is 2.19. The van der Waals surface area contributed by atoms with Gasteiger partial charge in [0.25, 0.3) is 0 Å². The second kappa shape index (κ2) is 62.4. The molecule has 1 unspecified atom stereocenters. The molecule has 0 aliphatic carbocycles. The Morgan fingerprint density at radius 2 is 0.527 bits per heavy atom. The molecule has 0 aliphatic rings. The summed E-state index contributed by atoms with van der Waals surface area (Å²) in [7, 11) is 0. The molecule has 0 N–H and O–H groups in total. The zero-order valence-electron chi connectivity index (χ0n) is 49.1. The summed E-state index contributed by atoms with van der Waals surface area (Å²) in [5.41, 5.74) is 0. The topological polar surface area (TPSA) is 78.9 Å². The number of allylic oxidation sites excluding steroid dienone is 12. The summed E-state index contributed by atoms with van der Waals surface area (Å²) in [6, 6.07) is 0. The van der Waals surface area contributed by atoms with E-state index in [1.807, 2.05) is 0 Å². The van der Waals surface area contributed by atoms with Crippen LogP contribution in [0.2, 0.25) is 0 Å². The highest BCUT2D eigenvalue weighted by atomic mass is 16.6. The zero-order chi connectivity index (χ0) is 53.6. The molecule has 0 saturated heterocycles. The van der Waals surface area contributed by atoms with Crippen LogP contribution in [0.1, 0.15) is 323 Å². The highest BCUT2D eigenvalue weighted by Crippen LogP contribution is 2.17. The van der Waals surface area contributed by atoms with E-state index in [4.69, 9.17) is 14.2 Å². The summed E-state index contributed by atoms with van der Waals surface area (Å²) >= 11 is 0. The summed E-state index contributed by atoms with van der Waals surface area (Å²) in [5.74, 6) is -0.925. The monoisotopic (exact) mass is 1030 g/mol. The van der Waals surface area contributed by atoms with Crippen LogP contribution < -0.4 is 0 Å². The SMILES string of the molecule is CC/C=C\C/C=C\C/C=C\C/C=C\C/C=C\C/C=C\CCCCC(=O)OC(COC(=O)CCCCCCCCCC)COC(=O)CCCCCCCCCCCCCCCCCCCCCCCCCCCCC. The molecule has 0 rings (SSSR count). The third-order valence-electron chi connectivity index (χ3n) is 14.0. The molecule has 0 amide bonds. The number of unbranched alkanes of at least 4 members (excludes halogenated alkanes) is 35. The molecule has 0 aliphatic heterocycles. The molecule has 0 aromatic carbocycles. The Bertz CT molecular complexity index is 1370.